The number of hydrogen-bond donors (Lipinski definition) is 1. The third kappa shape index (κ3) is 4.04. The molecular weight excluding hydrogens is 341 g/mol. The molecule has 2 aromatic rings. The van der Waals surface area contributed by atoms with Crippen LogP contribution < -0.4 is 4.90 Å². The monoisotopic (exact) mass is 360 g/mol. The second kappa shape index (κ2) is 7.31. The first-order valence-electron chi connectivity index (χ1n) is 8.07. The third-order valence-corrected chi connectivity index (χ3v) is 6.33. The van der Waals surface area contributed by atoms with Gasteiger partial charge in [0.05, 0.1) is 42.7 Å². The first-order valence-corrected chi connectivity index (χ1v) is 9.51. The van der Waals surface area contributed by atoms with Crippen LogP contribution >= 0.6 is 0 Å². The molecule has 1 saturated heterocycles. The van der Waals surface area contributed by atoms with Crippen LogP contribution in [0.25, 0.3) is 0 Å². The highest BCUT2D eigenvalue weighted by molar-refractivity contribution is 7.89. The van der Waals surface area contributed by atoms with Gasteiger partial charge in [0.25, 0.3) is 0 Å². The van der Waals surface area contributed by atoms with Gasteiger partial charge in [0.2, 0.25) is 10.0 Å². The van der Waals surface area contributed by atoms with Crippen LogP contribution in [0.5, 0.6) is 0 Å². The molecule has 130 valence electrons. The molecule has 3 rings (SSSR count). The summed E-state index contributed by atoms with van der Waals surface area (Å²) in [4.78, 5) is 1.43. The number of piperazine rings is 1. The summed E-state index contributed by atoms with van der Waals surface area (Å²) in [6.07, 6.45) is 0. The second-order valence-corrected chi connectivity index (χ2v) is 8.03. The SMILES string of the molecule is N#Cc1ccc(C[NH+]2CCN(S(=O)(=O)c3ccc(F)cc3)CC2)cc1. The molecule has 0 radical (unpaired) electrons. The molecule has 0 saturated carbocycles. The van der Waals surface area contributed by atoms with Crippen molar-refractivity contribution < 1.29 is 17.7 Å². The summed E-state index contributed by atoms with van der Waals surface area (Å²) in [5.41, 5.74) is 1.76. The summed E-state index contributed by atoms with van der Waals surface area (Å²) in [5.74, 6) is -0.448. The van der Waals surface area contributed by atoms with Crippen LogP contribution in [-0.4, -0.2) is 38.9 Å². The van der Waals surface area contributed by atoms with E-state index in [0.717, 1.165) is 12.1 Å². The molecular formula is C18H19FN3O2S+. The van der Waals surface area contributed by atoms with E-state index in [4.69, 9.17) is 5.26 Å². The molecule has 0 spiro atoms. The number of nitriles is 1. The Balaban J connectivity index is 1.61. The Bertz CT molecular complexity index is 866. The van der Waals surface area contributed by atoms with E-state index < -0.39 is 15.8 Å². The quantitative estimate of drug-likeness (QED) is 0.877. The van der Waals surface area contributed by atoms with Crippen molar-refractivity contribution in [3.63, 3.8) is 0 Å². The number of nitrogens with one attached hydrogen (secondary N) is 1. The highest BCUT2D eigenvalue weighted by atomic mass is 32.2. The molecule has 0 aliphatic carbocycles. The minimum absolute atomic E-state index is 0.129. The second-order valence-electron chi connectivity index (χ2n) is 6.09. The van der Waals surface area contributed by atoms with Gasteiger partial charge in [0.1, 0.15) is 12.4 Å². The standard InChI is InChI=1S/C18H18FN3O2S/c19-17-5-7-18(8-6-17)25(23,24)22-11-9-21(10-12-22)14-16-3-1-15(13-20)2-4-16/h1-8H,9-12,14H2/p+1. The Morgan fingerprint density at radius 1 is 1.04 bits per heavy atom. The maximum atomic E-state index is 13.0. The van der Waals surface area contributed by atoms with Crippen LogP contribution in [-0.2, 0) is 16.6 Å². The van der Waals surface area contributed by atoms with Crippen LogP contribution in [0.1, 0.15) is 11.1 Å². The summed E-state index contributed by atoms with van der Waals surface area (Å²) >= 11 is 0. The van der Waals surface area contributed by atoms with E-state index in [1.54, 1.807) is 12.1 Å². The van der Waals surface area contributed by atoms with E-state index in [2.05, 4.69) is 6.07 Å². The van der Waals surface area contributed by atoms with Gasteiger partial charge in [-0.2, -0.15) is 9.57 Å². The van der Waals surface area contributed by atoms with E-state index in [9.17, 15) is 12.8 Å². The number of quaternary nitrogens is 1. The number of rotatable bonds is 4. The predicted molar refractivity (Wildman–Crippen MR) is 90.7 cm³/mol. The van der Waals surface area contributed by atoms with Gasteiger partial charge in [-0.05, 0) is 36.4 Å². The molecule has 5 nitrogen and oxygen atoms in total. The molecule has 1 aliphatic rings. The number of halogens is 1. The van der Waals surface area contributed by atoms with Crippen LogP contribution in [0.3, 0.4) is 0 Å². The van der Waals surface area contributed by atoms with Crippen molar-refractivity contribution in [2.45, 2.75) is 11.4 Å². The van der Waals surface area contributed by atoms with Crippen molar-refractivity contribution in [1.82, 2.24) is 4.31 Å². The Kier molecular flexibility index (Phi) is 5.13. The molecule has 1 N–H and O–H groups in total. The summed E-state index contributed by atoms with van der Waals surface area (Å²) in [6.45, 7) is 3.09. The average molecular weight is 360 g/mol. The van der Waals surface area contributed by atoms with Crippen LogP contribution in [0.4, 0.5) is 4.39 Å². The largest absolute Gasteiger partial charge is 0.329 e. The van der Waals surface area contributed by atoms with Crippen molar-refractivity contribution >= 4 is 10.0 Å². The van der Waals surface area contributed by atoms with Gasteiger partial charge in [-0.1, -0.05) is 12.1 Å². The van der Waals surface area contributed by atoms with Crippen LogP contribution in [0.15, 0.2) is 53.4 Å². The molecule has 1 heterocycles. The maximum Gasteiger partial charge on any atom is 0.243 e. The lowest BCUT2D eigenvalue weighted by Crippen LogP contribution is -3.13. The van der Waals surface area contributed by atoms with Crippen LogP contribution in [0.2, 0.25) is 0 Å². The minimum atomic E-state index is -3.57. The Labute approximate surface area is 147 Å². The first kappa shape index (κ1) is 17.5. The van der Waals surface area contributed by atoms with E-state index in [1.807, 2.05) is 12.1 Å². The average Bonchev–Trinajstić information content (AvgIpc) is 2.63. The minimum Gasteiger partial charge on any atom is -0.329 e. The van der Waals surface area contributed by atoms with Crippen molar-refractivity contribution in [2.24, 2.45) is 0 Å². The molecule has 1 aliphatic heterocycles. The first-order chi connectivity index (χ1) is 12.0. The van der Waals surface area contributed by atoms with Gasteiger partial charge in [0, 0.05) is 5.56 Å². The zero-order chi connectivity index (χ0) is 17.9. The Hall–Kier alpha value is -2.27. The summed E-state index contributed by atoms with van der Waals surface area (Å²) in [6, 6.07) is 14.5. The zero-order valence-electron chi connectivity index (χ0n) is 13.7. The van der Waals surface area contributed by atoms with E-state index >= 15 is 0 Å². The van der Waals surface area contributed by atoms with Gasteiger partial charge in [-0.25, -0.2) is 12.8 Å². The summed E-state index contributed by atoms with van der Waals surface area (Å²) in [7, 11) is -3.57. The number of nitrogens with zero attached hydrogens (tertiary/aromatic N) is 2. The highest BCUT2D eigenvalue weighted by Crippen LogP contribution is 2.16. The Morgan fingerprint density at radius 3 is 2.20 bits per heavy atom. The number of hydrogen-bond acceptors (Lipinski definition) is 3. The molecule has 0 aromatic heterocycles. The molecule has 0 bridgehead atoms. The van der Waals surface area contributed by atoms with E-state index in [-0.39, 0.29) is 4.90 Å². The van der Waals surface area contributed by atoms with Crippen molar-refractivity contribution in [3.8, 4) is 6.07 Å². The highest BCUT2D eigenvalue weighted by Gasteiger charge is 2.30. The lowest BCUT2D eigenvalue weighted by Gasteiger charge is -2.31. The van der Waals surface area contributed by atoms with E-state index in [1.165, 1.54) is 33.5 Å². The smallest absolute Gasteiger partial charge is 0.243 e. The fourth-order valence-electron chi connectivity index (χ4n) is 2.96. The molecule has 0 amide bonds. The maximum absolute atomic E-state index is 13.0. The normalized spacial score (nSPS) is 16.5. The predicted octanol–water partition coefficient (Wildman–Crippen LogP) is 0.787. The van der Waals surface area contributed by atoms with Crippen molar-refractivity contribution in [2.75, 3.05) is 26.2 Å². The van der Waals surface area contributed by atoms with Crippen molar-refractivity contribution in [1.29, 1.82) is 5.26 Å². The van der Waals surface area contributed by atoms with Gasteiger partial charge in [0.15, 0.2) is 0 Å². The van der Waals surface area contributed by atoms with Crippen LogP contribution in [0, 0.1) is 17.1 Å². The number of benzene rings is 2. The topological polar surface area (TPSA) is 65.6 Å². The molecule has 25 heavy (non-hydrogen) atoms. The van der Waals surface area contributed by atoms with Gasteiger partial charge >= 0.3 is 0 Å². The lowest BCUT2D eigenvalue weighted by atomic mass is 10.1. The van der Waals surface area contributed by atoms with Gasteiger partial charge in [-0.3, -0.25) is 0 Å². The summed E-state index contributed by atoms with van der Waals surface area (Å²) < 4.78 is 39.6. The Morgan fingerprint density at radius 2 is 1.64 bits per heavy atom. The van der Waals surface area contributed by atoms with Gasteiger partial charge < -0.3 is 4.90 Å². The van der Waals surface area contributed by atoms with Gasteiger partial charge in [-0.15, -0.1) is 0 Å². The van der Waals surface area contributed by atoms with Crippen molar-refractivity contribution in [3.05, 3.63) is 65.5 Å². The fourth-order valence-corrected chi connectivity index (χ4v) is 4.40. The molecule has 2 aromatic carbocycles. The number of sulfonamides is 1. The lowest BCUT2D eigenvalue weighted by molar-refractivity contribution is -0.917. The molecule has 0 unspecified atom stereocenters. The molecule has 0 atom stereocenters. The fraction of sp³-hybridized carbons (Fsp3) is 0.278. The van der Waals surface area contributed by atoms with E-state index in [0.29, 0.717) is 31.7 Å². The molecule has 1 fully saturated rings. The summed E-state index contributed by atoms with van der Waals surface area (Å²) in [5, 5.41) is 8.83. The third-order valence-electron chi connectivity index (χ3n) is 4.42. The molecule has 7 heteroatoms. The zero-order valence-corrected chi connectivity index (χ0v) is 14.5.